The van der Waals surface area contributed by atoms with Gasteiger partial charge in [-0.2, -0.15) is 24.4 Å². The van der Waals surface area contributed by atoms with Crippen LogP contribution in [0.2, 0.25) is 0 Å². The van der Waals surface area contributed by atoms with E-state index >= 15 is 0 Å². The van der Waals surface area contributed by atoms with Gasteiger partial charge in [0.2, 0.25) is 0 Å². The number of nitrogens with two attached hydrogens (primary N) is 1. The molecule has 0 spiro atoms. The molecule has 0 bridgehead atoms. The number of carboxylic acids is 1. The number of rotatable bonds is 4. The molecule has 0 aliphatic carbocycles. The van der Waals surface area contributed by atoms with E-state index in [1.807, 2.05) is 6.26 Å². The third-order valence-corrected chi connectivity index (χ3v) is 1.59. The summed E-state index contributed by atoms with van der Waals surface area (Å²) in [7, 11) is 0. The van der Waals surface area contributed by atoms with E-state index in [0.29, 0.717) is 6.42 Å². The molecular formula is C6H15ClNO2S2-. The zero-order valence-electron chi connectivity index (χ0n) is 7.16. The Morgan fingerprint density at radius 1 is 1.67 bits per heavy atom. The molecule has 0 heterocycles. The van der Waals surface area contributed by atoms with Crippen LogP contribution in [-0.4, -0.2) is 35.4 Å². The van der Waals surface area contributed by atoms with Crippen molar-refractivity contribution in [1.82, 2.24) is 0 Å². The van der Waals surface area contributed by atoms with Crippen molar-refractivity contribution in [2.45, 2.75) is 12.5 Å². The topological polar surface area (TPSA) is 63.3 Å². The minimum absolute atomic E-state index is 0. The van der Waals surface area contributed by atoms with Crippen molar-refractivity contribution in [2.24, 2.45) is 5.73 Å². The van der Waals surface area contributed by atoms with Crippen molar-refractivity contribution in [3.05, 3.63) is 0 Å². The molecule has 0 amide bonds. The van der Waals surface area contributed by atoms with E-state index in [1.54, 1.807) is 18.0 Å². The smallest absolute Gasteiger partial charge is 0.320 e. The van der Waals surface area contributed by atoms with Gasteiger partial charge in [-0.3, -0.25) is 4.79 Å². The quantitative estimate of drug-likeness (QED) is 0.478. The first kappa shape index (κ1) is 18.3. The number of carbonyl (C=O) groups is 1. The lowest BCUT2D eigenvalue weighted by atomic mass is 10.2. The first-order valence-electron chi connectivity index (χ1n) is 3.10. The molecule has 0 saturated heterocycles. The van der Waals surface area contributed by atoms with Crippen molar-refractivity contribution in [1.29, 1.82) is 0 Å². The van der Waals surface area contributed by atoms with E-state index < -0.39 is 12.0 Å². The zero-order valence-corrected chi connectivity index (χ0v) is 9.62. The van der Waals surface area contributed by atoms with Gasteiger partial charge in [0.1, 0.15) is 6.04 Å². The highest BCUT2D eigenvalue weighted by atomic mass is 35.5. The number of hydrogen-bond acceptors (Lipinski definition) is 4. The Kier molecular flexibility index (Phi) is 21.3. The van der Waals surface area contributed by atoms with Gasteiger partial charge >= 0.3 is 5.97 Å². The SMILES string of the molecule is CS.CSCCC(N)C(=O)O.[Cl-]. The third kappa shape index (κ3) is 13.0. The number of halogens is 1. The van der Waals surface area contributed by atoms with E-state index in [9.17, 15) is 4.79 Å². The molecule has 1 unspecified atom stereocenters. The molecule has 0 saturated carbocycles. The summed E-state index contributed by atoms with van der Waals surface area (Å²) in [6.07, 6.45) is 4.17. The molecule has 0 fully saturated rings. The molecule has 0 aliphatic heterocycles. The maximum atomic E-state index is 10.1. The van der Waals surface area contributed by atoms with Crippen LogP contribution >= 0.6 is 24.4 Å². The summed E-state index contributed by atoms with van der Waals surface area (Å²) < 4.78 is 0. The fourth-order valence-electron chi connectivity index (χ4n) is 0.368. The molecule has 3 N–H and O–H groups in total. The van der Waals surface area contributed by atoms with Crippen LogP contribution in [0, 0.1) is 0 Å². The standard InChI is InChI=1S/C5H11NO2S.CH4S.ClH/c1-9-3-2-4(6)5(7)8;1-2;/h4H,2-3,6H2,1H3,(H,7,8);2H,1H3;1H/p-1. The molecule has 6 heteroatoms. The molecule has 1 atom stereocenters. The highest BCUT2D eigenvalue weighted by molar-refractivity contribution is 7.98. The molecule has 0 rings (SSSR count). The fourth-order valence-corrected chi connectivity index (χ4v) is 0.858. The van der Waals surface area contributed by atoms with Gasteiger partial charge in [0, 0.05) is 0 Å². The van der Waals surface area contributed by atoms with Crippen LogP contribution in [0.25, 0.3) is 0 Å². The van der Waals surface area contributed by atoms with Crippen LogP contribution < -0.4 is 18.1 Å². The van der Waals surface area contributed by atoms with Crippen molar-refractivity contribution in [2.75, 3.05) is 18.3 Å². The average Bonchev–Trinajstić information content (AvgIpc) is 2.03. The van der Waals surface area contributed by atoms with Gasteiger partial charge in [0.25, 0.3) is 0 Å². The molecule has 3 nitrogen and oxygen atoms in total. The van der Waals surface area contributed by atoms with E-state index in [1.165, 1.54) is 0 Å². The summed E-state index contributed by atoms with van der Waals surface area (Å²) in [5, 5.41) is 8.27. The molecule has 0 radical (unpaired) electrons. The maximum absolute atomic E-state index is 10.1. The Hall–Kier alpha value is 0.420. The van der Waals surface area contributed by atoms with Gasteiger partial charge in [-0.15, -0.1) is 0 Å². The van der Waals surface area contributed by atoms with Crippen LogP contribution in [0.15, 0.2) is 0 Å². The first-order valence-corrected chi connectivity index (χ1v) is 5.39. The number of carboxylic acid groups (broad SMARTS) is 1. The third-order valence-electron chi connectivity index (χ3n) is 0.950. The van der Waals surface area contributed by atoms with Gasteiger partial charge in [-0.05, 0) is 24.7 Å². The summed E-state index contributed by atoms with van der Waals surface area (Å²) in [6, 6.07) is -0.683. The van der Waals surface area contributed by atoms with Crippen LogP contribution in [0.4, 0.5) is 0 Å². The maximum Gasteiger partial charge on any atom is 0.320 e. The zero-order chi connectivity index (χ0) is 9.28. The molecule has 0 aliphatic rings. The lowest BCUT2D eigenvalue weighted by Gasteiger charge is -2.02. The molecule has 76 valence electrons. The van der Waals surface area contributed by atoms with Crippen molar-refractivity contribution < 1.29 is 22.3 Å². The van der Waals surface area contributed by atoms with Crippen LogP contribution in [0.5, 0.6) is 0 Å². The predicted octanol–water partition coefficient (Wildman–Crippen LogP) is -2.30. The Morgan fingerprint density at radius 3 is 2.33 bits per heavy atom. The monoisotopic (exact) mass is 232 g/mol. The minimum atomic E-state index is -0.913. The number of thioether (sulfide) groups is 1. The highest BCUT2D eigenvalue weighted by Crippen LogP contribution is 1.97. The second kappa shape index (κ2) is 14.0. The number of aliphatic carboxylic acids is 1. The average molecular weight is 233 g/mol. The molecule has 0 aromatic heterocycles. The minimum Gasteiger partial charge on any atom is -1.00 e. The summed E-state index contributed by atoms with van der Waals surface area (Å²) in [5.41, 5.74) is 5.19. The van der Waals surface area contributed by atoms with Crippen LogP contribution in [0.1, 0.15) is 6.42 Å². The highest BCUT2D eigenvalue weighted by Gasteiger charge is 2.08. The Balaban J connectivity index is -0.000000249. The number of hydrogen-bond donors (Lipinski definition) is 3. The van der Waals surface area contributed by atoms with Crippen molar-refractivity contribution in [3.8, 4) is 0 Å². The van der Waals surface area contributed by atoms with Gasteiger partial charge in [0.15, 0.2) is 0 Å². The fraction of sp³-hybridized carbons (Fsp3) is 0.833. The summed E-state index contributed by atoms with van der Waals surface area (Å²) in [6.45, 7) is 0. The second-order valence-corrected chi connectivity index (χ2v) is 2.71. The first-order chi connectivity index (χ1) is 5.18. The van der Waals surface area contributed by atoms with Gasteiger partial charge in [0.05, 0.1) is 0 Å². The van der Waals surface area contributed by atoms with E-state index in [2.05, 4.69) is 12.6 Å². The van der Waals surface area contributed by atoms with E-state index in [4.69, 9.17) is 10.8 Å². The van der Waals surface area contributed by atoms with Gasteiger partial charge in [-0.1, -0.05) is 0 Å². The van der Waals surface area contributed by atoms with Crippen LogP contribution in [0.3, 0.4) is 0 Å². The molecule has 0 aromatic rings. The van der Waals surface area contributed by atoms with Crippen molar-refractivity contribution in [3.63, 3.8) is 0 Å². The van der Waals surface area contributed by atoms with E-state index in [-0.39, 0.29) is 12.4 Å². The summed E-state index contributed by atoms with van der Waals surface area (Å²) in [4.78, 5) is 10.1. The molecular weight excluding hydrogens is 218 g/mol. The van der Waals surface area contributed by atoms with E-state index in [0.717, 1.165) is 5.75 Å². The predicted molar refractivity (Wildman–Crippen MR) is 53.5 cm³/mol. The van der Waals surface area contributed by atoms with Crippen LogP contribution in [-0.2, 0) is 4.79 Å². The largest absolute Gasteiger partial charge is 1.00 e. The van der Waals surface area contributed by atoms with Crippen molar-refractivity contribution >= 4 is 30.4 Å². The normalized spacial score (nSPS) is 10.3. The lowest BCUT2D eigenvalue weighted by Crippen LogP contribution is -3.00. The Labute approximate surface area is 89.3 Å². The summed E-state index contributed by atoms with van der Waals surface area (Å²) in [5.74, 6) is -0.1000. The van der Waals surface area contributed by atoms with Gasteiger partial charge in [-0.25, -0.2) is 0 Å². The van der Waals surface area contributed by atoms with Gasteiger partial charge < -0.3 is 23.2 Å². The Bertz CT molecular complexity index is 106. The molecule has 12 heavy (non-hydrogen) atoms. The lowest BCUT2D eigenvalue weighted by molar-refractivity contribution is -0.138. The summed E-state index contributed by atoms with van der Waals surface area (Å²) >= 11 is 5.13. The molecule has 0 aromatic carbocycles. The number of thiol groups is 1. The second-order valence-electron chi connectivity index (χ2n) is 1.73. The Morgan fingerprint density at radius 2 is 2.08 bits per heavy atom.